The third-order valence-corrected chi connectivity index (χ3v) is 9.38. The molecule has 1 aromatic rings. The number of anilines is 1. The van der Waals surface area contributed by atoms with Crippen molar-refractivity contribution in [2.45, 2.75) is 44.1 Å². The van der Waals surface area contributed by atoms with Crippen molar-refractivity contribution in [2.75, 3.05) is 36.0 Å². The number of nitrogens with zero attached hydrogens (tertiary/aromatic N) is 1. The number of amides is 2. The quantitative estimate of drug-likeness (QED) is 0.668. The lowest BCUT2D eigenvalue weighted by atomic mass is 9.85. The van der Waals surface area contributed by atoms with E-state index in [9.17, 15) is 22.4 Å². The van der Waals surface area contributed by atoms with E-state index in [-0.39, 0.29) is 35.5 Å². The highest BCUT2D eigenvalue weighted by atomic mass is 32.2. The first kappa shape index (κ1) is 21.7. The lowest BCUT2D eigenvalue weighted by molar-refractivity contribution is -0.123. The van der Waals surface area contributed by atoms with Crippen molar-refractivity contribution in [1.29, 1.82) is 0 Å². The second-order valence-corrected chi connectivity index (χ2v) is 12.0. The number of hydrogen-bond acceptors (Lipinski definition) is 5. The molecule has 3 heterocycles. The van der Waals surface area contributed by atoms with Crippen LogP contribution in [0.2, 0.25) is 0 Å². The van der Waals surface area contributed by atoms with Gasteiger partial charge in [-0.15, -0.1) is 0 Å². The molecule has 0 aromatic heterocycles. The molecule has 2 amide bonds. The van der Waals surface area contributed by atoms with E-state index in [0.29, 0.717) is 54.7 Å². The Balaban J connectivity index is 1.16. The van der Waals surface area contributed by atoms with E-state index in [1.54, 1.807) is 6.07 Å². The molecular weight excluding hydrogens is 433 g/mol. The lowest BCUT2D eigenvalue weighted by Gasteiger charge is -2.40. The molecule has 4 fully saturated rings. The molecule has 2 N–H and O–H groups in total. The lowest BCUT2D eigenvalue weighted by Crippen LogP contribution is -2.45. The Morgan fingerprint density at radius 1 is 1.12 bits per heavy atom. The molecule has 3 aliphatic heterocycles. The van der Waals surface area contributed by atoms with Gasteiger partial charge >= 0.3 is 0 Å². The van der Waals surface area contributed by atoms with Crippen molar-refractivity contribution in [3.05, 3.63) is 29.6 Å². The average Bonchev–Trinajstić information content (AvgIpc) is 3.53. The first-order valence-electron chi connectivity index (χ1n) is 11.6. The zero-order chi connectivity index (χ0) is 22.5. The smallest absolute Gasteiger partial charge is 0.227 e. The van der Waals surface area contributed by atoms with Crippen LogP contribution in [-0.4, -0.2) is 57.4 Å². The molecule has 2 atom stereocenters. The van der Waals surface area contributed by atoms with Crippen molar-refractivity contribution >= 4 is 27.3 Å². The number of nitrogens with one attached hydrogen (secondary N) is 2. The number of rotatable bonds is 6. The maximum atomic E-state index is 15.0. The van der Waals surface area contributed by atoms with Crippen LogP contribution in [0.15, 0.2) is 18.2 Å². The van der Waals surface area contributed by atoms with Gasteiger partial charge in [0.2, 0.25) is 11.8 Å². The predicted octanol–water partition coefficient (Wildman–Crippen LogP) is 1.58. The number of benzene rings is 1. The first-order chi connectivity index (χ1) is 15.3. The zero-order valence-corrected chi connectivity index (χ0v) is 18.9. The van der Waals surface area contributed by atoms with Crippen LogP contribution >= 0.6 is 0 Å². The highest BCUT2D eigenvalue weighted by Gasteiger charge is 2.40. The Bertz CT molecular complexity index is 1010. The molecule has 1 aliphatic carbocycles. The topological polar surface area (TPSA) is 95.6 Å². The molecule has 174 valence electrons. The summed E-state index contributed by atoms with van der Waals surface area (Å²) in [4.78, 5) is 26.3. The Labute approximate surface area is 188 Å². The van der Waals surface area contributed by atoms with Crippen LogP contribution in [0, 0.1) is 23.6 Å². The second-order valence-electron chi connectivity index (χ2n) is 9.89. The fourth-order valence-corrected chi connectivity index (χ4v) is 7.12. The van der Waals surface area contributed by atoms with E-state index in [0.717, 1.165) is 25.7 Å². The maximum Gasteiger partial charge on any atom is 0.227 e. The fourth-order valence-electron chi connectivity index (χ4n) is 5.37. The molecule has 1 aromatic carbocycles. The molecule has 1 unspecified atom stereocenters. The van der Waals surface area contributed by atoms with Crippen LogP contribution in [0.1, 0.15) is 43.6 Å². The van der Waals surface area contributed by atoms with Crippen LogP contribution in [0.4, 0.5) is 10.1 Å². The standard InChI is InChI=1S/C23H30FN3O4S/c24-20-9-16(19-10-18(26-23(19)29)11-25-22(28)15-1-2-15)3-4-21(20)27-7-5-14(6-8-27)17-12-32(30,31)13-17/h3-4,9,14-15,17-19H,1-2,5-8,10-13H2,(H,25,28)(H,26,29)/t18?,19-/m0/s1. The van der Waals surface area contributed by atoms with E-state index in [1.165, 1.54) is 6.07 Å². The van der Waals surface area contributed by atoms with E-state index < -0.39 is 15.8 Å². The summed E-state index contributed by atoms with van der Waals surface area (Å²) in [7, 11) is -2.81. The molecule has 0 spiro atoms. The van der Waals surface area contributed by atoms with Gasteiger partial charge in [-0.3, -0.25) is 9.59 Å². The number of sulfone groups is 1. The monoisotopic (exact) mass is 463 g/mol. The third-order valence-electron chi connectivity index (χ3n) is 7.51. The maximum absolute atomic E-state index is 15.0. The Morgan fingerprint density at radius 2 is 1.84 bits per heavy atom. The van der Waals surface area contributed by atoms with Gasteiger partial charge in [-0.2, -0.15) is 0 Å². The van der Waals surface area contributed by atoms with Crippen molar-refractivity contribution in [1.82, 2.24) is 10.6 Å². The molecule has 9 heteroatoms. The molecule has 4 aliphatic rings. The Hall–Kier alpha value is -2.16. The molecule has 7 nitrogen and oxygen atoms in total. The van der Waals surface area contributed by atoms with E-state index >= 15 is 0 Å². The second kappa shape index (κ2) is 8.32. The SMILES string of the molecule is O=C(NCC1C[C@@H](c2ccc(N3CCC(C4CS(=O)(=O)C4)CC3)c(F)c2)C(=O)N1)C1CC1. The summed E-state index contributed by atoms with van der Waals surface area (Å²) in [5.74, 6) is 0.591. The summed E-state index contributed by atoms with van der Waals surface area (Å²) in [6.07, 6.45) is 4.17. The summed E-state index contributed by atoms with van der Waals surface area (Å²) in [5.41, 5.74) is 1.20. The minimum absolute atomic E-state index is 0.0563. The minimum atomic E-state index is -2.81. The van der Waals surface area contributed by atoms with Gasteiger partial charge in [0.1, 0.15) is 5.82 Å². The molecule has 0 bridgehead atoms. The van der Waals surface area contributed by atoms with Crippen molar-refractivity contribution in [3.8, 4) is 0 Å². The highest BCUT2D eigenvalue weighted by Crippen LogP contribution is 2.36. The molecule has 5 rings (SSSR count). The van der Waals surface area contributed by atoms with Gasteiger partial charge in [0.05, 0.1) is 23.1 Å². The van der Waals surface area contributed by atoms with Gasteiger partial charge in [0, 0.05) is 31.6 Å². The Kier molecular flexibility index (Phi) is 5.63. The molecule has 32 heavy (non-hydrogen) atoms. The van der Waals surface area contributed by atoms with Gasteiger partial charge in [-0.1, -0.05) is 6.07 Å². The van der Waals surface area contributed by atoms with Crippen LogP contribution < -0.4 is 15.5 Å². The average molecular weight is 464 g/mol. The van der Waals surface area contributed by atoms with Gasteiger partial charge in [-0.05, 0) is 61.6 Å². The van der Waals surface area contributed by atoms with E-state index in [2.05, 4.69) is 10.6 Å². The molecule has 1 saturated carbocycles. The normalized spacial score (nSPS) is 28.3. The first-order valence-corrected chi connectivity index (χ1v) is 13.4. The molecule has 3 saturated heterocycles. The van der Waals surface area contributed by atoms with Gasteiger partial charge < -0.3 is 15.5 Å². The van der Waals surface area contributed by atoms with Crippen LogP contribution in [-0.2, 0) is 19.4 Å². The minimum Gasteiger partial charge on any atom is -0.369 e. The van der Waals surface area contributed by atoms with Crippen molar-refractivity contribution < 1.29 is 22.4 Å². The van der Waals surface area contributed by atoms with Crippen molar-refractivity contribution in [2.24, 2.45) is 17.8 Å². The fraction of sp³-hybridized carbons (Fsp3) is 0.652. The summed E-state index contributed by atoms with van der Waals surface area (Å²) in [6, 6.07) is 4.93. The number of hydrogen-bond donors (Lipinski definition) is 2. The van der Waals surface area contributed by atoms with E-state index in [4.69, 9.17) is 0 Å². The summed E-state index contributed by atoms with van der Waals surface area (Å²) < 4.78 is 37.9. The highest BCUT2D eigenvalue weighted by molar-refractivity contribution is 7.92. The zero-order valence-electron chi connectivity index (χ0n) is 18.1. The summed E-state index contributed by atoms with van der Waals surface area (Å²) >= 11 is 0. The van der Waals surface area contributed by atoms with Gasteiger partial charge in [0.25, 0.3) is 0 Å². The predicted molar refractivity (Wildman–Crippen MR) is 119 cm³/mol. The van der Waals surface area contributed by atoms with E-state index in [1.807, 2.05) is 11.0 Å². The molecule has 0 radical (unpaired) electrons. The largest absolute Gasteiger partial charge is 0.369 e. The number of piperidine rings is 1. The summed E-state index contributed by atoms with van der Waals surface area (Å²) in [5, 5.41) is 5.82. The number of carbonyl (C=O) groups excluding carboxylic acids is 2. The van der Waals surface area contributed by atoms with Gasteiger partial charge in [0.15, 0.2) is 9.84 Å². The third kappa shape index (κ3) is 4.49. The number of halogens is 1. The summed E-state index contributed by atoms with van der Waals surface area (Å²) in [6.45, 7) is 1.84. The number of carbonyl (C=O) groups is 2. The van der Waals surface area contributed by atoms with Crippen molar-refractivity contribution in [3.63, 3.8) is 0 Å². The van der Waals surface area contributed by atoms with Crippen LogP contribution in [0.25, 0.3) is 0 Å². The van der Waals surface area contributed by atoms with Crippen LogP contribution in [0.3, 0.4) is 0 Å². The Morgan fingerprint density at radius 3 is 2.47 bits per heavy atom. The molecular formula is C23H30FN3O4S. The van der Waals surface area contributed by atoms with Gasteiger partial charge in [-0.25, -0.2) is 12.8 Å². The van der Waals surface area contributed by atoms with Crippen LogP contribution in [0.5, 0.6) is 0 Å².